The van der Waals surface area contributed by atoms with Crippen LogP contribution in [0.2, 0.25) is 0 Å². The molecule has 0 heterocycles. The normalized spacial score (nSPS) is 10.8. The molecule has 1 aromatic rings. The van der Waals surface area contributed by atoms with E-state index < -0.39 is 17.9 Å². The second kappa shape index (κ2) is 7.60. The van der Waals surface area contributed by atoms with Gasteiger partial charge in [0.2, 0.25) is 0 Å². The van der Waals surface area contributed by atoms with Gasteiger partial charge in [-0.05, 0) is 40.5 Å². The van der Waals surface area contributed by atoms with E-state index in [4.69, 9.17) is 5.11 Å². The van der Waals surface area contributed by atoms with E-state index in [1.165, 1.54) is 6.07 Å². The Balaban J connectivity index is 3.26. The number of halogens is 1. The van der Waals surface area contributed by atoms with E-state index >= 15 is 0 Å². The van der Waals surface area contributed by atoms with Crippen molar-refractivity contribution in [3.8, 4) is 0 Å². The highest BCUT2D eigenvalue weighted by atomic mass is 79.9. The summed E-state index contributed by atoms with van der Waals surface area (Å²) in [6, 6.07) is 2.93. The van der Waals surface area contributed by atoms with Gasteiger partial charge in [0.1, 0.15) is 5.70 Å². The number of hydrogen-bond donors (Lipinski definition) is 2. The van der Waals surface area contributed by atoms with Gasteiger partial charge in [-0.2, -0.15) is 0 Å². The maximum atomic E-state index is 11.7. The van der Waals surface area contributed by atoms with Crippen LogP contribution in [0.25, 0.3) is 0 Å². The van der Waals surface area contributed by atoms with E-state index in [1.807, 2.05) is 0 Å². The lowest BCUT2D eigenvalue weighted by molar-refractivity contribution is -0.138. The van der Waals surface area contributed by atoms with Gasteiger partial charge in [-0.15, -0.1) is 0 Å². The minimum absolute atomic E-state index is 0.0629. The number of carbonyl (C=O) groups is 3. The number of rotatable bonds is 5. The van der Waals surface area contributed by atoms with E-state index in [0.29, 0.717) is 15.7 Å². The van der Waals surface area contributed by atoms with Gasteiger partial charge in [0.15, 0.2) is 0 Å². The van der Waals surface area contributed by atoms with Crippen molar-refractivity contribution in [2.45, 2.75) is 6.92 Å². The van der Waals surface area contributed by atoms with Crippen LogP contribution in [-0.2, 0) is 19.1 Å². The first-order valence-electron chi connectivity index (χ1n) is 5.98. The predicted octanol–water partition coefficient (Wildman–Crippen LogP) is 2.10. The fourth-order valence-corrected chi connectivity index (χ4v) is 2.13. The molecular weight excluding hydrogens is 358 g/mol. The van der Waals surface area contributed by atoms with Crippen molar-refractivity contribution in [2.75, 3.05) is 19.5 Å². The topological polar surface area (TPSA) is 102 Å². The molecular formula is C14H14BrNO6. The fraction of sp³-hybridized carbons (Fsp3) is 0.214. The summed E-state index contributed by atoms with van der Waals surface area (Å²) in [5.74, 6) is -2.66. The standard InChI is InChI=1S/C14H14BrNO6/c1-7-4-9(15)10(5-8(7)13(18)19)16-11(14(20)22-3)6-12(17)21-2/h4-6,16H,1-3H3,(H,18,19)/b11-6+. The molecule has 7 nitrogen and oxygen atoms in total. The van der Waals surface area contributed by atoms with Gasteiger partial charge in [-0.25, -0.2) is 14.4 Å². The maximum Gasteiger partial charge on any atom is 0.354 e. The van der Waals surface area contributed by atoms with Crippen LogP contribution in [0.15, 0.2) is 28.4 Å². The molecule has 0 saturated heterocycles. The molecule has 1 rings (SSSR count). The van der Waals surface area contributed by atoms with Crippen LogP contribution < -0.4 is 5.32 Å². The number of carboxylic acids is 1. The van der Waals surface area contributed by atoms with Crippen LogP contribution in [0.5, 0.6) is 0 Å². The Morgan fingerprint density at radius 3 is 2.36 bits per heavy atom. The number of benzene rings is 1. The molecule has 22 heavy (non-hydrogen) atoms. The zero-order valence-corrected chi connectivity index (χ0v) is 13.7. The lowest BCUT2D eigenvalue weighted by Crippen LogP contribution is -2.16. The summed E-state index contributed by atoms with van der Waals surface area (Å²) < 4.78 is 9.54. The number of hydrogen-bond acceptors (Lipinski definition) is 6. The van der Waals surface area contributed by atoms with Gasteiger partial charge in [0.05, 0.1) is 31.5 Å². The van der Waals surface area contributed by atoms with E-state index in [2.05, 4.69) is 30.7 Å². The summed E-state index contributed by atoms with van der Waals surface area (Å²) in [4.78, 5) is 34.1. The molecule has 8 heteroatoms. The maximum absolute atomic E-state index is 11.7. The molecule has 0 aromatic heterocycles. The number of aromatic carboxylic acids is 1. The molecule has 0 aliphatic rings. The number of aryl methyl sites for hydroxylation is 1. The Bertz CT molecular complexity index is 653. The Hall–Kier alpha value is -2.35. The molecule has 1 aromatic carbocycles. The number of carboxylic acid groups (broad SMARTS) is 1. The SMILES string of the molecule is COC(=O)/C=C(/Nc1cc(C(=O)O)c(C)cc1Br)C(=O)OC. The van der Waals surface area contributed by atoms with Gasteiger partial charge in [0, 0.05) is 4.47 Å². The fourth-order valence-electron chi connectivity index (χ4n) is 1.58. The predicted molar refractivity (Wildman–Crippen MR) is 81.6 cm³/mol. The highest BCUT2D eigenvalue weighted by molar-refractivity contribution is 9.10. The first-order valence-corrected chi connectivity index (χ1v) is 6.77. The molecule has 118 valence electrons. The Labute approximate surface area is 135 Å². The number of nitrogens with one attached hydrogen (secondary N) is 1. The van der Waals surface area contributed by atoms with Crippen molar-refractivity contribution in [3.05, 3.63) is 39.5 Å². The van der Waals surface area contributed by atoms with Gasteiger partial charge >= 0.3 is 17.9 Å². The van der Waals surface area contributed by atoms with Crippen LogP contribution >= 0.6 is 15.9 Å². The summed E-state index contributed by atoms with van der Waals surface area (Å²) in [5.41, 5.74) is 0.716. The lowest BCUT2D eigenvalue weighted by Gasteiger charge is -2.13. The average Bonchev–Trinajstić information content (AvgIpc) is 2.47. The number of carbonyl (C=O) groups excluding carboxylic acids is 2. The van der Waals surface area contributed by atoms with Crippen LogP contribution in [0, 0.1) is 6.92 Å². The number of ether oxygens (including phenoxy) is 2. The van der Waals surface area contributed by atoms with Gasteiger partial charge in [-0.3, -0.25) is 0 Å². The molecule has 0 radical (unpaired) electrons. The molecule has 0 spiro atoms. The summed E-state index contributed by atoms with van der Waals surface area (Å²) >= 11 is 3.26. The summed E-state index contributed by atoms with van der Waals surface area (Å²) in [7, 11) is 2.32. The second-order valence-corrected chi connectivity index (χ2v) is 5.00. The van der Waals surface area contributed by atoms with Crippen LogP contribution in [0.4, 0.5) is 5.69 Å². The molecule has 0 bridgehead atoms. The smallest absolute Gasteiger partial charge is 0.354 e. The van der Waals surface area contributed by atoms with Crippen molar-refractivity contribution in [3.63, 3.8) is 0 Å². The molecule has 0 atom stereocenters. The highest BCUT2D eigenvalue weighted by Gasteiger charge is 2.17. The van der Waals surface area contributed by atoms with Crippen LogP contribution in [0.3, 0.4) is 0 Å². The van der Waals surface area contributed by atoms with Crippen LogP contribution in [0.1, 0.15) is 15.9 Å². The van der Waals surface area contributed by atoms with Crippen molar-refractivity contribution < 1.29 is 29.0 Å². The monoisotopic (exact) mass is 371 g/mol. The van der Waals surface area contributed by atoms with Crippen molar-refractivity contribution in [2.24, 2.45) is 0 Å². The molecule has 0 fully saturated rings. The van der Waals surface area contributed by atoms with Crippen molar-refractivity contribution >= 4 is 39.5 Å². The molecule has 0 aliphatic heterocycles. The van der Waals surface area contributed by atoms with E-state index in [9.17, 15) is 14.4 Å². The van der Waals surface area contributed by atoms with Crippen molar-refractivity contribution in [1.29, 1.82) is 0 Å². The minimum atomic E-state index is -1.11. The summed E-state index contributed by atoms with van der Waals surface area (Å²) in [5, 5.41) is 11.8. The largest absolute Gasteiger partial charge is 0.478 e. The second-order valence-electron chi connectivity index (χ2n) is 4.15. The molecule has 0 amide bonds. The van der Waals surface area contributed by atoms with Gasteiger partial charge in [-0.1, -0.05) is 0 Å². The van der Waals surface area contributed by atoms with Crippen LogP contribution in [-0.4, -0.2) is 37.2 Å². The zero-order valence-electron chi connectivity index (χ0n) is 12.1. The molecule has 0 unspecified atom stereocenters. The highest BCUT2D eigenvalue weighted by Crippen LogP contribution is 2.28. The zero-order chi connectivity index (χ0) is 16.9. The van der Waals surface area contributed by atoms with E-state index in [0.717, 1.165) is 20.3 Å². The number of esters is 2. The van der Waals surface area contributed by atoms with Gasteiger partial charge in [0.25, 0.3) is 0 Å². The number of methoxy groups -OCH3 is 2. The lowest BCUT2D eigenvalue weighted by atomic mass is 10.1. The van der Waals surface area contributed by atoms with E-state index in [1.54, 1.807) is 13.0 Å². The number of anilines is 1. The van der Waals surface area contributed by atoms with Crippen molar-refractivity contribution in [1.82, 2.24) is 0 Å². The summed E-state index contributed by atoms with van der Waals surface area (Å²) in [6.45, 7) is 1.64. The Morgan fingerprint density at radius 1 is 1.23 bits per heavy atom. The van der Waals surface area contributed by atoms with E-state index in [-0.39, 0.29) is 11.3 Å². The third-order valence-corrected chi connectivity index (χ3v) is 3.34. The molecule has 0 aliphatic carbocycles. The Kier molecular flexibility index (Phi) is 6.11. The molecule has 2 N–H and O–H groups in total. The third kappa shape index (κ3) is 4.32. The Morgan fingerprint density at radius 2 is 1.86 bits per heavy atom. The van der Waals surface area contributed by atoms with Gasteiger partial charge < -0.3 is 19.9 Å². The minimum Gasteiger partial charge on any atom is -0.478 e. The molecule has 0 saturated carbocycles. The average molecular weight is 372 g/mol. The third-order valence-electron chi connectivity index (χ3n) is 2.68. The first kappa shape index (κ1) is 17.7. The first-order chi connectivity index (χ1) is 10.3. The summed E-state index contributed by atoms with van der Waals surface area (Å²) in [6.07, 6.45) is 0.915. The quantitative estimate of drug-likeness (QED) is 0.603.